The summed E-state index contributed by atoms with van der Waals surface area (Å²) in [6, 6.07) is 5.83. The van der Waals surface area contributed by atoms with Crippen LogP contribution in [0, 0.1) is 4.77 Å². The molecule has 2 aromatic rings. The highest BCUT2D eigenvalue weighted by molar-refractivity contribution is 9.10. The molecule has 0 amide bonds. The van der Waals surface area contributed by atoms with Crippen molar-refractivity contribution in [3.05, 3.63) is 38.7 Å². The number of benzene rings is 1. The number of hydrogen-bond donors (Lipinski definition) is 3. The van der Waals surface area contributed by atoms with Gasteiger partial charge in [0.05, 0.1) is 5.69 Å². The fourth-order valence-electron chi connectivity index (χ4n) is 1.87. The van der Waals surface area contributed by atoms with Gasteiger partial charge in [-0.05, 0) is 30.4 Å². The molecule has 0 aliphatic carbocycles. The summed E-state index contributed by atoms with van der Waals surface area (Å²) in [5.74, 6) is 0.0291. The molecule has 3 N–H and O–H groups in total. The van der Waals surface area contributed by atoms with Crippen LogP contribution in [0.1, 0.15) is 11.3 Å². The summed E-state index contributed by atoms with van der Waals surface area (Å²) in [5.41, 5.74) is 3.38. The molecule has 0 saturated carbocycles. The number of H-pyrrole nitrogens is 2. The Morgan fingerprint density at radius 3 is 2.89 bits per heavy atom. The predicted molar refractivity (Wildman–Crippen MR) is 77.8 cm³/mol. The Bertz CT molecular complexity index is 742. The third kappa shape index (κ3) is 1.83. The summed E-state index contributed by atoms with van der Waals surface area (Å²) in [5, 5.41) is 9.65. The lowest BCUT2D eigenvalue weighted by Crippen LogP contribution is -1.83. The van der Waals surface area contributed by atoms with E-state index in [9.17, 15) is 5.11 Å². The molecule has 1 aromatic carbocycles. The number of aromatic nitrogens is 2. The quantitative estimate of drug-likeness (QED) is 0.699. The number of nitrogens with zero attached hydrogens (tertiary/aromatic N) is 1. The lowest BCUT2D eigenvalue weighted by atomic mass is 10.1. The average Bonchev–Trinajstić information content (AvgIpc) is 2.85. The zero-order chi connectivity index (χ0) is 12.7. The fourth-order valence-corrected chi connectivity index (χ4v) is 2.66. The van der Waals surface area contributed by atoms with E-state index in [1.165, 1.54) is 0 Å². The van der Waals surface area contributed by atoms with Crippen LogP contribution in [-0.2, 0) is 0 Å². The molecule has 0 unspecified atom stereocenters. The van der Waals surface area contributed by atoms with Crippen LogP contribution in [0.5, 0.6) is 5.88 Å². The molecule has 0 atom stereocenters. The topological polar surface area (TPSA) is 64.2 Å². The fraction of sp³-hybridized carbons (Fsp3) is 0. The van der Waals surface area contributed by atoms with E-state index in [0.29, 0.717) is 10.5 Å². The molecule has 6 heteroatoms. The molecule has 90 valence electrons. The molecule has 18 heavy (non-hydrogen) atoms. The van der Waals surface area contributed by atoms with Gasteiger partial charge in [0.1, 0.15) is 5.69 Å². The number of halogens is 1. The molecular formula is C12H8BrN3OS. The first-order chi connectivity index (χ1) is 8.65. The van der Waals surface area contributed by atoms with Crippen molar-refractivity contribution in [3.63, 3.8) is 0 Å². The predicted octanol–water partition coefficient (Wildman–Crippen LogP) is 3.80. The maximum Gasteiger partial charge on any atom is 0.215 e. The van der Waals surface area contributed by atoms with Gasteiger partial charge in [-0.1, -0.05) is 22.0 Å². The van der Waals surface area contributed by atoms with Gasteiger partial charge in [-0.15, -0.1) is 0 Å². The van der Waals surface area contributed by atoms with E-state index >= 15 is 0 Å². The Morgan fingerprint density at radius 1 is 1.33 bits per heavy atom. The molecule has 1 aliphatic heterocycles. The van der Waals surface area contributed by atoms with Gasteiger partial charge in [-0.2, -0.15) is 0 Å². The van der Waals surface area contributed by atoms with Gasteiger partial charge in [-0.25, -0.2) is 0 Å². The number of hydrogen-bond acceptors (Lipinski definition) is 3. The van der Waals surface area contributed by atoms with E-state index in [4.69, 9.17) is 12.2 Å². The van der Waals surface area contributed by atoms with Gasteiger partial charge in [0.2, 0.25) is 5.88 Å². The van der Waals surface area contributed by atoms with Crippen LogP contribution in [0.15, 0.2) is 27.7 Å². The van der Waals surface area contributed by atoms with Gasteiger partial charge in [-0.3, -0.25) is 4.99 Å². The largest absolute Gasteiger partial charge is 0.493 e. The highest BCUT2D eigenvalue weighted by Crippen LogP contribution is 2.38. The van der Waals surface area contributed by atoms with Crippen molar-refractivity contribution >= 4 is 51.7 Å². The Balaban J connectivity index is 2.15. The first-order valence-electron chi connectivity index (χ1n) is 5.21. The van der Waals surface area contributed by atoms with Crippen LogP contribution in [0.4, 0.5) is 5.69 Å². The zero-order valence-corrected chi connectivity index (χ0v) is 11.5. The van der Waals surface area contributed by atoms with E-state index < -0.39 is 0 Å². The summed E-state index contributed by atoms with van der Waals surface area (Å²) in [7, 11) is 0. The number of nitrogens with one attached hydrogen (secondary N) is 2. The van der Waals surface area contributed by atoms with Crippen molar-refractivity contribution in [2.75, 3.05) is 0 Å². The highest BCUT2D eigenvalue weighted by Gasteiger charge is 2.16. The van der Waals surface area contributed by atoms with E-state index in [1.807, 2.05) is 24.3 Å². The molecule has 1 aromatic heterocycles. The van der Waals surface area contributed by atoms with Gasteiger partial charge in [0.25, 0.3) is 0 Å². The van der Waals surface area contributed by atoms with Crippen LogP contribution < -0.4 is 0 Å². The number of allylic oxidation sites excluding steroid dienone is 1. The molecule has 1 aliphatic rings. The summed E-state index contributed by atoms with van der Waals surface area (Å²) < 4.78 is 1.36. The van der Waals surface area contributed by atoms with E-state index in [0.717, 1.165) is 21.3 Å². The van der Waals surface area contributed by atoms with E-state index in [2.05, 4.69) is 30.9 Å². The maximum atomic E-state index is 9.65. The molecule has 2 heterocycles. The normalized spacial score (nSPS) is 15.3. The molecule has 0 spiro atoms. The maximum absolute atomic E-state index is 9.65. The number of aliphatic imine (C=N–C) groups is 1. The van der Waals surface area contributed by atoms with Crippen molar-refractivity contribution in [1.29, 1.82) is 0 Å². The van der Waals surface area contributed by atoms with E-state index in [1.54, 1.807) is 6.21 Å². The highest BCUT2D eigenvalue weighted by atomic mass is 79.9. The van der Waals surface area contributed by atoms with Crippen molar-refractivity contribution < 1.29 is 5.11 Å². The number of aromatic hydroxyl groups is 1. The van der Waals surface area contributed by atoms with Crippen LogP contribution in [0.2, 0.25) is 0 Å². The van der Waals surface area contributed by atoms with Crippen molar-refractivity contribution in [2.24, 2.45) is 4.99 Å². The monoisotopic (exact) mass is 321 g/mol. The van der Waals surface area contributed by atoms with E-state index in [-0.39, 0.29) is 5.88 Å². The van der Waals surface area contributed by atoms with Gasteiger partial charge in [0.15, 0.2) is 4.77 Å². The smallest absolute Gasteiger partial charge is 0.215 e. The summed E-state index contributed by atoms with van der Waals surface area (Å²) in [6.07, 6.45) is 3.57. The molecule has 4 nitrogen and oxygen atoms in total. The second kappa shape index (κ2) is 4.22. The lowest BCUT2D eigenvalue weighted by molar-refractivity contribution is 0.455. The van der Waals surface area contributed by atoms with Crippen LogP contribution in [-0.4, -0.2) is 21.3 Å². The minimum Gasteiger partial charge on any atom is -0.493 e. The zero-order valence-electron chi connectivity index (χ0n) is 9.07. The molecule has 0 fully saturated rings. The first kappa shape index (κ1) is 11.4. The Hall–Kier alpha value is -1.66. The van der Waals surface area contributed by atoms with Crippen LogP contribution in [0.25, 0.3) is 11.6 Å². The molecule has 3 rings (SSSR count). The molecule has 0 radical (unpaired) electrons. The second-order valence-corrected chi connectivity index (χ2v) is 5.10. The van der Waals surface area contributed by atoms with Crippen LogP contribution >= 0.6 is 28.1 Å². The SMILES string of the molecule is Oc1[nH]c(=S)[nH]c1/C=C1\C=Nc2cccc(Br)c21. The minimum absolute atomic E-state index is 0.0291. The molecular weight excluding hydrogens is 314 g/mol. The number of aromatic amines is 2. The van der Waals surface area contributed by atoms with Crippen molar-refractivity contribution in [2.45, 2.75) is 0 Å². The summed E-state index contributed by atoms with van der Waals surface area (Å²) in [6.45, 7) is 0. The Labute approximate surface area is 116 Å². The number of imidazole rings is 1. The van der Waals surface area contributed by atoms with Gasteiger partial charge in [0, 0.05) is 21.8 Å². The van der Waals surface area contributed by atoms with Gasteiger partial charge < -0.3 is 15.1 Å². The molecule has 0 saturated heterocycles. The summed E-state index contributed by atoms with van der Waals surface area (Å²) >= 11 is 8.42. The van der Waals surface area contributed by atoms with Crippen molar-refractivity contribution in [3.8, 4) is 5.88 Å². The average molecular weight is 322 g/mol. The summed E-state index contributed by atoms with van der Waals surface area (Å²) in [4.78, 5) is 9.83. The van der Waals surface area contributed by atoms with Crippen LogP contribution in [0.3, 0.4) is 0 Å². The van der Waals surface area contributed by atoms with Gasteiger partial charge >= 0.3 is 0 Å². The molecule has 0 bridgehead atoms. The standard InChI is InChI=1S/C12H8BrN3OS/c13-7-2-1-3-8-10(7)6(5-14-8)4-9-11(17)16-12(18)15-9/h1-5,17H,(H2,15,16,18)/b6-4+. The number of fused-ring (bicyclic) bond motifs is 1. The third-order valence-electron chi connectivity index (χ3n) is 2.66. The first-order valence-corrected chi connectivity index (χ1v) is 6.41. The van der Waals surface area contributed by atoms with Crippen molar-refractivity contribution in [1.82, 2.24) is 9.97 Å². The Morgan fingerprint density at radius 2 is 2.17 bits per heavy atom. The third-order valence-corrected chi connectivity index (χ3v) is 3.52. The lowest BCUT2D eigenvalue weighted by Gasteiger charge is -2.02. The second-order valence-electron chi connectivity index (χ2n) is 3.83. The number of rotatable bonds is 1. The minimum atomic E-state index is 0.0291. The Kier molecular flexibility index (Phi) is 2.68.